The van der Waals surface area contributed by atoms with Crippen LogP contribution in [0.5, 0.6) is 5.75 Å². The van der Waals surface area contributed by atoms with Gasteiger partial charge in [0.15, 0.2) is 0 Å². The third-order valence-electron chi connectivity index (χ3n) is 2.83. The number of hydrogen-bond donors (Lipinski definition) is 1. The first-order chi connectivity index (χ1) is 9.33. The smallest absolute Gasteiger partial charge is 0.124 e. The van der Waals surface area contributed by atoms with Crippen LogP contribution in [0, 0.1) is 11.8 Å². The van der Waals surface area contributed by atoms with Crippen LogP contribution in [0.4, 0.5) is 0 Å². The summed E-state index contributed by atoms with van der Waals surface area (Å²) in [4.78, 5) is 0. The van der Waals surface area contributed by atoms with Crippen LogP contribution in [-0.2, 0) is 16.1 Å². The SMILES string of the molecule is COc1ccc(C#CCCO)cc1COC1COC1. The molecule has 1 saturated heterocycles. The topological polar surface area (TPSA) is 47.9 Å². The lowest BCUT2D eigenvalue weighted by atomic mass is 10.1. The highest BCUT2D eigenvalue weighted by Crippen LogP contribution is 2.22. The summed E-state index contributed by atoms with van der Waals surface area (Å²) < 4.78 is 16.1. The fraction of sp³-hybridized carbons (Fsp3) is 0.467. The van der Waals surface area contributed by atoms with Gasteiger partial charge in [0.1, 0.15) is 11.9 Å². The van der Waals surface area contributed by atoms with Gasteiger partial charge in [0.2, 0.25) is 0 Å². The highest BCUT2D eigenvalue weighted by atomic mass is 16.6. The maximum Gasteiger partial charge on any atom is 0.124 e. The van der Waals surface area contributed by atoms with Crippen molar-refractivity contribution in [2.24, 2.45) is 0 Å². The highest BCUT2D eigenvalue weighted by molar-refractivity contribution is 5.44. The zero-order valence-corrected chi connectivity index (χ0v) is 11.0. The monoisotopic (exact) mass is 262 g/mol. The molecule has 0 atom stereocenters. The van der Waals surface area contributed by atoms with Crippen LogP contribution in [0.1, 0.15) is 17.5 Å². The molecule has 0 saturated carbocycles. The molecule has 0 aromatic heterocycles. The Morgan fingerprint density at radius 3 is 2.89 bits per heavy atom. The van der Waals surface area contributed by atoms with Crippen molar-refractivity contribution in [1.82, 2.24) is 0 Å². The molecule has 0 aliphatic carbocycles. The highest BCUT2D eigenvalue weighted by Gasteiger charge is 2.19. The molecule has 1 N–H and O–H groups in total. The van der Waals surface area contributed by atoms with E-state index in [4.69, 9.17) is 19.3 Å². The zero-order chi connectivity index (χ0) is 13.5. The third kappa shape index (κ3) is 3.97. The molecule has 0 bridgehead atoms. The van der Waals surface area contributed by atoms with Gasteiger partial charge in [0.05, 0.1) is 33.5 Å². The molecule has 0 amide bonds. The fourth-order valence-corrected chi connectivity index (χ4v) is 1.71. The number of ether oxygens (including phenoxy) is 3. The van der Waals surface area contributed by atoms with Crippen molar-refractivity contribution >= 4 is 0 Å². The number of aliphatic hydroxyl groups excluding tert-OH is 1. The van der Waals surface area contributed by atoms with Gasteiger partial charge in [-0.25, -0.2) is 0 Å². The second kappa shape index (κ2) is 7.15. The van der Waals surface area contributed by atoms with Crippen LogP contribution in [-0.4, -0.2) is 38.1 Å². The van der Waals surface area contributed by atoms with Crippen molar-refractivity contribution in [2.45, 2.75) is 19.1 Å². The van der Waals surface area contributed by atoms with E-state index in [-0.39, 0.29) is 12.7 Å². The van der Waals surface area contributed by atoms with Crippen molar-refractivity contribution in [3.05, 3.63) is 29.3 Å². The standard InChI is InChI=1S/C15H18O4/c1-17-15-6-5-12(4-2-3-7-16)8-13(15)9-19-14-10-18-11-14/h5-6,8,14,16H,3,7,9-11H2,1H3. The molecule has 1 aliphatic heterocycles. The van der Waals surface area contributed by atoms with Gasteiger partial charge in [-0.05, 0) is 18.2 Å². The average Bonchev–Trinajstić information content (AvgIpc) is 2.37. The molecule has 102 valence electrons. The molecule has 1 aromatic rings. The Balaban J connectivity index is 2.04. The molecule has 1 aromatic carbocycles. The van der Waals surface area contributed by atoms with Crippen LogP contribution >= 0.6 is 0 Å². The first-order valence-corrected chi connectivity index (χ1v) is 6.29. The summed E-state index contributed by atoms with van der Waals surface area (Å²) in [6, 6.07) is 5.75. The largest absolute Gasteiger partial charge is 0.496 e. The summed E-state index contributed by atoms with van der Waals surface area (Å²) in [5, 5.41) is 8.71. The van der Waals surface area contributed by atoms with Crippen molar-refractivity contribution in [3.63, 3.8) is 0 Å². The van der Waals surface area contributed by atoms with Gasteiger partial charge in [-0.2, -0.15) is 0 Å². The lowest BCUT2D eigenvalue weighted by Gasteiger charge is -2.26. The molecule has 4 nitrogen and oxygen atoms in total. The number of methoxy groups -OCH3 is 1. The molecule has 1 aliphatic rings. The van der Waals surface area contributed by atoms with Crippen LogP contribution in [0.2, 0.25) is 0 Å². The molecule has 0 spiro atoms. The molecule has 1 fully saturated rings. The van der Waals surface area contributed by atoms with E-state index in [2.05, 4.69) is 11.8 Å². The van der Waals surface area contributed by atoms with E-state index in [1.807, 2.05) is 18.2 Å². The quantitative estimate of drug-likeness (QED) is 0.814. The first-order valence-electron chi connectivity index (χ1n) is 6.29. The van der Waals surface area contributed by atoms with Crippen LogP contribution in [0.25, 0.3) is 0 Å². The van der Waals surface area contributed by atoms with Gasteiger partial charge in [-0.1, -0.05) is 11.8 Å². The van der Waals surface area contributed by atoms with Crippen molar-refractivity contribution < 1.29 is 19.3 Å². The molecule has 0 radical (unpaired) electrons. The average molecular weight is 262 g/mol. The van der Waals surface area contributed by atoms with Gasteiger partial charge in [-0.15, -0.1) is 0 Å². The van der Waals surface area contributed by atoms with E-state index in [0.29, 0.717) is 26.2 Å². The Morgan fingerprint density at radius 1 is 1.42 bits per heavy atom. The minimum Gasteiger partial charge on any atom is -0.496 e. The Bertz CT molecular complexity index is 469. The van der Waals surface area contributed by atoms with Gasteiger partial charge in [-0.3, -0.25) is 0 Å². The number of benzene rings is 1. The maximum absolute atomic E-state index is 8.71. The zero-order valence-electron chi connectivity index (χ0n) is 11.0. The number of hydrogen-bond acceptors (Lipinski definition) is 4. The molecule has 19 heavy (non-hydrogen) atoms. The fourth-order valence-electron chi connectivity index (χ4n) is 1.71. The summed E-state index contributed by atoms with van der Waals surface area (Å²) >= 11 is 0. The van der Waals surface area contributed by atoms with E-state index < -0.39 is 0 Å². The van der Waals surface area contributed by atoms with Gasteiger partial charge >= 0.3 is 0 Å². The van der Waals surface area contributed by atoms with Crippen molar-refractivity contribution in [2.75, 3.05) is 26.9 Å². The molecule has 4 heteroatoms. The predicted molar refractivity (Wildman–Crippen MR) is 71.0 cm³/mol. The predicted octanol–water partition coefficient (Wildman–Crippen LogP) is 1.34. The summed E-state index contributed by atoms with van der Waals surface area (Å²) in [6.07, 6.45) is 0.672. The van der Waals surface area contributed by atoms with E-state index in [1.54, 1.807) is 7.11 Å². The second-order valence-electron chi connectivity index (χ2n) is 4.27. The van der Waals surface area contributed by atoms with E-state index in [0.717, 1.165) is 16.9 Å². The molecule has 2 rings (SSSR count). The summed E-state index contributed by atoms with van der Waals surface area (Å²) in [6.45, 7) is 1.91. The lowest BCUT2D eigenvalue weighted by molar-refractivity contribution is -0.135. The Morgan fingerprint density at radius 2 is 2.26 bits per heavy atom. The van der Waals surface area contributed by atoms with E-state index >= 15 is 0 Å². The van der Waals surface area contributed by atoms with E-state index in [1.165, 1.54) is 0 Å². The summed E-state index contributed by atoms with van der Waals surface area (Å²) in [5.41, 5.74) is 1.88. The van der Waals surface area contributed by atoms with Crippen LogP contribution in [0.15, 0.2) is 18.2 Å². The minimum absolute atomic E-state index is 0.0841. The van der Waals surface area contributed by atoms with E-state index in [9.17, 15) is 0 Å². The van der Waals surface area contributed by atoms with Crippen molar-refractivity contribution in [3.8, 4) is 17.6 Å². The van der Waals surface area contributed by atoms with Crippen LogP contribution < -0.4 is 4.74 Å². The third-order valence-corrected chi connectivity index (χ3v) is 2.83. The normalized spacial score (nSPS) is 14.4. The molecule has 0 unspecified atom stereocenters. The Hall–Kier alpha value is -1.54. The summed E-state index contributed by atoms with van der Waals surface area (Å²) in [5.74, 6) is 6.71. The second-order valence-corrected chi connectivity index (χ2v) is 4.27. The molecular formula is C15H18O4. The van der Waals surface area contributed by atoms with Gasteiger partial charge in [0.25, 0.3) is 0 Å². The number of aliphatic hydroxyl groups is 1. The number of rotatable bonds is 5. The Labute approximate surface area is 113 Å². The summed E-state index contributed by atoms with van der Waals surface area (Å²) in [7, 11) is 1.64. The molecular weight excluding hydrogens is 244 g/mol. The molecule has 1 heterocycles. The first kappa shape index (κ1) is 13.9. The maximum atomic E-state index is 8.71. The van der Waals surface area contributed by atoms with Gasteiger partial charge in [0, 0.05) is 17.5 Å². The van der Waals surface area contributed by atoms with Crippen LogP contribution in [0.3, 0.4) is 0 Å². The van der Waals surface area contributed by atoms with Crippen molar-refractivity contribution in [1.29, 1.82) is 0 Å². The lowest BCUT2D eigenvalue weighted by Crippen LogP contribution is -2.35. The Kier molecular flexibility index (Phi) is 5.22. The van der Waals surface area contributed by atoms with Gasteiger partial charge < -0.3 is 19.3 Å². The minimum atomic E-state index is 0.0841.